The summed E-state index contributed by atoms with van der Waals surface area (Å²) in [6.45, 7) is 14.0. The lowest BCUT2D eigenvalue weighted by Crippen LogP contribution is -2.81. The van der Waals surface area contributed by atoms with Crippen LogP contribution in [0.15, 0.2) is 48.6 Å². The van der Waals surface area contributed by atoms with Gasteiger partial charge in [-0.25, -0.2) is 9.59 Å². The lowest BCUT2D eigenvalue weighted by atomic mass is 9.47. The molecule has 1 unspecified atom stereocenters. The molecule has 3 N–H and O–H groups in total. The van der Waals surface area contributed by atoms with Crippen molar-refractivity contribution in [2.75, 3.05) is 79.1 Å². The molecule has 66 heavy (non-hydrogen) atoms. The van der Waals surface area contributed by atoms with Crippen LogP contribution >= 0.6 is 0 Å². The van der Waals surface area contributed by atoms with E-state index in [0.717, 1.165) is 33.4 Å². The molecule has 5 aliphatic heterocycles. The van der Waals surface area contributed by atoms with Gasteiger partial charge in [0.05, 0.1) is 32.9 Å². The maximum Gasteiger partial charge on any atom is 0.344 e. The van der Waals surface area contributed by atoms with Gasteiger partial charge in [0.2, 0.25) is 5.60 Å². The lowest BCUT2D eigenvalue weighted by Gasteiger charge is -2.63. The Hall–Kier alpha value is -5.12. The largest absolute Gasteiger partial charge is 0.496 e. The molecule has 3 fully saturated rings. The second-order valence-corrected chi connectivity index (χ2v) is 19.9. The first-order valence-corrected chi connectivity index (χ1v) is 24.0. The standard InChI is InChI=1S/C51H68N6O9/c1-10-47(53-46(61)56(12-3)13-4)27-32-28-50(44(59)64-8,40-34(19-23-55(29-32)30-47)33-17-14-15-18-37(33)52-40)36-25-35-38(26-39(36)63-7)54(6)42-49(35)21-24-57-22-16-20-48(11-2,41(49)57)43(66-31(5)58)51(42,62)45(60)65-9/h14-18,20,25-26,32,41-43,52,62H,10-13,19,21-24,27-30H2,1-9H3,(H,53,61)/t32-,41+,42-,43-,47+,48-,49-,50+,51+/m1/s1. The Morgan fingerprint density at radius 2 is 1.68 bits per heavy atom. The van der Waals surface area contributed by atoms with E-state index in [1.165, 1.54) is 21.1 Å². The highest BCUT2D eigenvalue weighted by atomic mass is 16.6. The monoisotopic (exact) mass is 909 g/mol. The summed E-state index contributed by atoms with van der Waals surface area (Å²) in [4.78, 5) is 69.6. The number of methoxy groups -OCH3 is 3. The Morgan fingerprint density at radius 3 is 2.35 bits per heavy atom. The number of ether oxygens (including phenoxy) is 4. The van der Waals surface area contributed by atoms with Crippen LogP contribution in [0.2, 0.25) is 0 Å². The topological polar surface area (TPSA) is 166 Å². The fourth-order valence-electron chi connectivity index (χ4n) is 14.5. The number of benzene rings is 2. The van der Waals surface area contributed by atoms with Crippen molar-refractivity contribution in [1.29, 1.82) is 0 Å². The van der Waals surface area contributed by atoms with Gasteiger partial charge in [-0.3, -0.25) is 14.5 Å². The van der Waals surface area contributed by atoms with E-state index in [1.54, 1.807) is 7.11 Å². The summed E-state index contributed by atoms with van der Waals surface area (Å²) < 4.78 is 24.2. The number of esters is 3. The average Bonchev–Trinajstić information content (AvgIpc) is 3.98. The van der Waals surface area contributed by atoms with Gasteiger partial charge in [0, 0.05) is 104 Å². The number of hydrogen-bond donors (Lipinski definition) is 3. The third-order valence-electron chi connectivity index (χ3n) is 17.1. The van der Waals surface area contributed by atoms with Crippen molar-refractivity contribution >= 4 is 40.5 Å². The predicted octanol–water partition coefficient (Wildman–Crippen LogP) is 5.05. The SMILES string of the molecule is CCN(CC)C(=O)N[C@@]1(CC)C[C@H]2CN(CCc3c([nH]c4ccccc34)[C@@](C(=O)OC)(c3cc4c(cc3OC)N(C)[C@H]3[C@@](O)(C(=O)OC)[C@H](OC(C)=O)[C@]5(CC)C=CCN6CC[C@]43[C@@H]65)C2)C1. The number of carbonyl (C=O) groups is 4. The van der Waals surface area contributed by atoms with E-state index < -0.39 is 57.4 Å². The molecule has 2 aromatic carbocycles. The number of piperidine rings is 1. The molecule has 1 saturated carbocycles. The van der Waals surface area contributed by atoms with Crippen LogP contribution in [0.25, 0.3) is 10.9 Å². The van der Waals surface area contributed by atoms with E-state index >= 15 is 4.79 Å². The first kappa shape index (κ1) is 46.0. The summed E-state index contributed by atoms with van der Waals surface area (Å²) >= 11 is 0. The van der Waals surface area contributed by atoms with Gasteiger partial charge in [-0.15, -0.1) is 0 Å². The number of urea groups is 1. The zero-order valence-electron chi connectivity index (χ0n) is 40.1. The molecule has 15 nitrogen and oxygen atoms in total. The number of aromatic amines is 1. The second-order valence-electron chi connectivity index (χ2n) is 19.9. The number of amides is 2. The van der Waals surface area contributed by atoms with E-state index in [9.17, 15) is 19.5 Å². The summed E-state index contributed by atoms with van der Waals surface area (Å²) in [6.07, 6.45) is 6.14. The summed E-state index contributed by atoms with van der Waals surface area (Å²) in [6, 6.07) is 10.9. The molecule has 6 heterocycles. The minimum Gasteiger partial charge on any atom is -0.496 e. The van der Waals surface area contributed by atoms with Gasteiger partial charge < -0.3 is 49.1 Å². The number of anilines is 1. The number of nitrogens with one attached hydrogen (secondary N) is 2. The number of aliphatic hydroxyl groups is 1. The van der Waals surface area contributed by atoms with Crippen molar-refractivity contribution in [2.45, 2.75) is 113 Å². The number of para-hydroxylation sites is 1. The van der Waals surface area contributed by atoms with Gasteiger partial charge >= 0.3 is 23.9 Å². The summed E-state index contributed by atoms with van der Waals surface area (Å²) in [5.41, 5.74) is -1.38. The van der Waals surface area contributed by atoms with Crippen molar-refractivity contribution in [3.05, 3.63) is 70.9 Å². The molecule has 2 bridgehead atoms. The minimum atomic E-state index is -2.32. The van der Waals surface area contributed by atoms with Crippen molar-refractivity contribution < 1.29 is 43.2 Å². The number of fused-ring (bicyclic) bond motifs is 6. The van der Waals surface area contributed by atoms with Crippen LogP contribution in [0.5, 0.6) is 5.75 Å². The number of likely N-dealkylation sites (N-methyl/N-ethyl adjacent to an activating group) is 1. The molecule has 1 spiro atoms. The molecule has 1 aliphatic carbocycles. The van der Waals surface area contributed by atoms with Gasteiger partial charge in [0.1, 0.15) is 11.2 Å². The Bertz CT molecular complexity index is 2470. The zero-order valence-corrected chi connectivity index (χ0v) is 40.1. The molecule has 1 aromatic heterocycles. The number of carbonyl (C=O) groups excluding carboxylic acids is 4. The number of H-pyrrole nitrogens is 1. The van der Waals surface area contributed by atoms with E-state index in [4.69, 9.17) is 18.9 Å². The van der Waals surface area contributed by atoms with Gasteiger partial charge in [0.15, 0.2) is 6.10 Å². The summed E-state index contributed by atoms with van der Waals surface area (Å²) in [5, 5.41) is 18.0. The van der Waals surface area contributed by atoms with Gasteiger partial charge in [-0.1, -0.05) is 44.2 Å². The third kappa shape index (κ3) is 6.23. The van der Waals surface area contributed by atoms with Crippen LogP contribution in [-0.2, 0) is 45.8 Å². The number of aromatic nitrogens is 1. The van der Waals surface area contributed by atoms with Crippen molar-refractivity contribution in [3.63, 3.8) is 0 Å². The molecule has 2 saturated heterocycles. The number of nitrogens with zero attached hydrogens (tertiary/aromatic N) is 4. The normalized spacial score (nSPS) is 34.2. The first-order chi connectivity index (χ1) is 31.6. The minimum absolute atomic E-state index is 0.0901. The third-order valence-corrected chi connectivity index (χ3v) is 17.1. The molecule has 3 aromatic rings. The average molecular weight is 909 g/mol. The molecule has 10 atom stereocenters. The summed E-state index contributed by atoms with van der Waals surface area (Å²) in [7, 11) is 6.18. The lowest BCUT2D eigenvalue weighted by molar-refractivity contribution is -0.228. The highest BCUT2D eigenvalue weighted by molar-refractivity contribution is 5.95. The summed E-state index contributed by atoms with van der Waals surface area (Å²) in [5.74, 6) is -1.58. The molecule has 2 amide bonds. The highest BCUT2D eigenvalue weighted by Crippen LogP contribution is 2.68. The number of rotatable bonds is 10. The van der Waals surface area contributed by atoms with E-state index in [0.29, 0.717) is 95.7 Å². The molecule has 9 rings (SSSR count). The Morgan fingerprint density at radius 1 is 0.939 bits per heavy atom. The molecular weight excluding hydrogens is 841 g/mol. The van der Waals surface area contributed by atoms with Crippen molar-refractivity contribution in [1.82, 2.24) is 25.0 Å². The highest BCUT2D eigenvalue weighted by Gasteiger charge is 2.80. The molecule has 0 radical (unpaired) electrons. The van der Waals surface area contributed by atoms with Crippen molar-refractivity contribution in [2.24, 2.45) is 11.3 Å². The second kappa shape index (κ2) is 16.6. The predicted molar refractivity (Wildman–Crippen MR) is 250 cm³/mol. The Kier molecular flexibility index (Phi) is 11.6. The van der Waals surface area contributed by atoms with Crippen molar-refractivity contribution in [3.8, 4) is 5.75 Å². The first-order valence-electron chi connectivity index (χ1n) is 24.0. The molecule has 356 valence electrons. The fourth-order valence-corrected chi connectivity index (χ4v) is 14.5. The van der Waals surface area contributed by atoms with Gasteiger partial charge in [-0.05, 0) is 88.1 Å². The van der Waals surface area contributed by atoms with Gasteiger partial charge in [-0.2, -0.15) is 0 Å². The van der Waals surface area contributed by atoms with Crippen LogP contribution in [0.3, 0.4) is 0 Å². The maximum atomic E-state index is 15.7. The number of hydrogen-bond acceptors (Lipinski definition) is 12. The smallest absolute Gasteiger partial charge is 0.344 e. The molecule has 15 heteroatoms. The quantitative estimate of drug-likeness (QED) is 0.141. The van der Waals surface area contributed by atoms with Crippen LogP contribution < -0.4 is 15.0 Å². The zero-order chi connectivity index (χ0) is 47.1. The molecule has 6 aliphatic rings. The Balaban J connectivity index is 1.32. The van der Waals surface area contributed by atoms with E-state index in [1.807, 2.05) is 61.9 Å². The van der Waals surface area contributed by atoms with E-state index in [2.05, 4.69) is 51.3 Å². The fraction of sp³-hybridized carbons (Fsp3) is 0.608. The van der Waals surface area contributed by atoms with E-state index in [-0.39, 0.29) is 18.0 Å². The van der Waals surface area contributed by atoms with Crippen LogP contribution in [0.4, 0.5) is 10.5 Å². The van der Waals surface area contributed by atoms with Crippen LogP contribution in [0.1, 0.15) is 89.1 Å². The molecular formula is C51H68N6O9. The van der Waals surface area contributed by atoms with Crippen LogP contribution in [-0.4, -0.2) is 152 Å². The maximum absolute atomic E-state index is 15.7. The van der Waals surface area contributed by atoms with Gasteiger partial charge in [0.25, 0.3) is 0 Å². The Labute approximate surface area is 388 Å². The van der Waals surface area contributed by atoms with Crippen LogP contribution in [0, 0.1) is 11.3 Å².